The molecule has 1 aromatic rings. The van der Waals surface area contributed by atoms with Crippen LogP contribution >= 0.6 is 0 Å². The van der Waals surface area contributed by atoms with Crippen LogP contribution < -0.4 is 9.64 Å². The van der Waals surface area contributed by atoms with Gasteiger partial charge in [-0.3, -0.25) is 4.79 Å². The summed E-state index contributed by atoms with van der Waals surface area (Å²) in [5.74, 6) is 0.380. The molecule has 0 aliphatic carbocycles. The molecule has 4 heteroatoms. The molecule has 0 amide bonds. The van der Waals surface area contributed by atoms with Crippen LogP contribution in [0.5, 0.6) is 5.75 Å². The van der Waals surface area contributed by atoms with E-state index >= 15 is 0 Å². The zero-order valence-corrected chi connectivity index (χ0v) is 11.0. The molecule has 1 unspecified atom stereocenters. The monoisotopic (exact) mass is 249 g/mol. The summed E-state index contributed by atoms with van der Waals surface area (Å²) in [5.41, 5.74) is 2.09. The number of carbonyl (C=O) groups is 1. The highest BCUT2D eigenvalue weighted by Crippen LogP contribution is 2.35. The molecule has 1 aromatic carbocycles. The number of hydrogen-bond donors (Lipinski definition) is 1. The molecule has 2 rings (SSSR count). The van der Waals surface area contributed by atoms with Crippen molar-refractivity contribution in [1.29, 1.82) is 0 Å². The maximum Gasteiger partial charge on any atom is 0.323 e. The normalized spacial score (nSPS) is 18.4. The van der Waals surface area contributed by atoms with Crippen LogP contribution in [-0.2, 0) is 4.79 Å². The lowest BCUT2D eigenvalue weighted by atomic mass is 10.0. The van der Waals surface area contributed by atoms with Crippen LogP contribution in [0.15, 0.2) is 18.2 Å². The van der Waals surface area contributed by atoms with Crippen molar-refractivity contribution < 1.29 is 14.6 Å². The number of rotatable bonds is 3. The topological polar surface area (TPSA) is 49.8 Å². The molecule has 1 aliphatic rings. The van der Waals surface area contributed by atoms with Crippen molar-refractivity contribution in [2.45, 2.75) is 32.8 Å². The molecule has 1 aliphatic heterocycles. The van der Waals surface area contributed by atoms with Crippen molar-refractivity contribution >= 4 is 11.7 Å². The van der Waals surface area contributed by atoms with Crippen LogP contribution in [0.1, 0.15) is 32.3 Å². The van der Waals surface area contributed by atoms with E-state index in [1.54, 1.807) is 0 Å². The van der Waals surface area contributed by atoms with Gasteiger partial charge >= 0.3 is 5.97 Å². The van der Waals surface area contributed by atoms with E-state index < -0.39 is 5.97 Å². The van der Waals surface area contributed by atoms with Crippen LogP contribution in [0, 0.1) is 0 Å². The van der Waals surface area contributed by atoms with Crippen LogP contribution in [0.3, 0.4) is 0 Å². The number of carboxylic acids is 1. The Kier molecular flexibility index (Phi) is 3.45. The first-order valence-electron chi connectivity index (χ1n) is 6.24. The summed E-state index contributed by atoms with van der Waals surface area (Å²) in [7, 11) is 0. The molecule has 18 heavy (non-hydrogen) atoms. The molecule has 4 nitrogen and oxygen atoms in total. The van der Waals surface area contributed by atoms with Gasteiger partial charge in [0.2, 0.25) is 0 Å². The molecular weight excluding hydrogens is 230 g/mol. The Hall–Kier alpha value is -1.71. The highest BCUT2D eigenvalue weighted by Gasteiger charge is 2.24. The first kappa shape index (κ1) is 12.7. The molecule has 1 N–H and O–H groups in total. The van der Waals surface area contributed by atoms with Crippen LogP contribution in [0.25, 0.3) is 0 Å². The summed E-state index contributed by atoms with van der Waals surface area (Å²) < 4.78 is 5.74. The Morgan fingerprint density at radius 2 is 2.28 bits per heavy atom. The molecule has 0 aromatic heterocycles. The Bertz CT molecular complexity index is 456. The standard InChI is InChI=1S/C14H19NO3/c1-9(2)11-4-5-13-12(6-11)15(8-14(16)17)7-10(3)18-13/h4-6,9-10H,7-8H2,1-3H3,(H,16,17). The van der Waals surface area contributed by atoms with E-state index in [1.165, 1.54) is 5.56 Å². The van der Waals surface area contributed by atoms with Crippen molar-refractivity contribution in [2.75, 3.05) is 18.0 Å². The molecule has 0 saturated heterocycles. The molecule has 0 fully saturated rings. The van der Waals surface area contributed by atoms with Gasteiger partial charge in [-0.2, -0.15) is 0 Å². The first-order valence-corrected chi connectivity index (χ1v) is 6.24. The average Bonchev–Trinajstić information content (AvgIpc) is 2.27. The fraction of sp³-hybridized carbons (Fsp3) is 0.500. The van der Waals surface area contributed by atoms with Crippen LogP contribution in [-0.4, -0.2) is 30.3 Å². The Morgan fingerprint density at radius 1 is 1.56 bits per heavy atom. The number of nitrogens with zero attached hydrogens (tertiary/aromatic N) is 1. The smallest absolute Gasteiger partial charge is 0.323 e. The lowest BCUT2D eigenvalue weighted by molar-refractivity contribution is -0.135. The van der Waals surface area contributed by atoms with E-state index in [1.807, 2.05) is 30.0 Å². The van der Waals surface area contributed by atoms with E-state index in [9.17, 15) is 4.79 Å². The number of fused-ring (bicyclic) bond motifs is 1. The van der Waals surface area contributed by atoms with Crippen LogP contribution in [0.4, 0.5) is 5.69 Å². The van der Waals surface area contributed by atoms with Crippen molar-refractivity contribution in [3.05, 3.63) is 23.8 Å². The average molecular weight is 249 g/mol. The van der Waals surface area contributed by atoms with Gasteiger partial charge in [-0.1, -0.05) is 19.9 Å². The molecule has 0 bridgehead atoms. The number of benzene rings is 1. The number of anilines is 1. The van der Waals surface area contributed by atoms with Gasteiger partial charge in [0, 0.05) is 0 Å². The zero-order valence-electron chi connectivity index (χ0n) is 11.0. The quantitative estimate of drug-likeness (QED) is 0.894. The summed E-state index contributed by atoms with van der Waals surface area (Å²) in [6.07, 6.45) is 0.0155. The van der Waals surface area contributed by atoms with Gasteiger partial charge < -0.3 is 14.7 Å². The Morgan fingerprint density at radius 3 is 2.89 bits per heavy atom. The number of carboxylic acid groups (broad SMARTS) is 1. The predicted molar refractivity (Wildman–Crippen MR) is 70.5 cm³/mol. The molecule has 0 radical (unpaired) electrons. The number of hydrogen-bond acceptors (Lipinski definition) is 3. The summed E-state index contributed by atoms with van der Waals surface area (Å²) >= 11 is 0. The molecule has 1 atom stereocenters. The highest BCUT2D eigenvalue weighted by molar-refractivity contribution is 5.76. The van der Waals surface area contributed by atoms with Crippen molar-refractivity contribution in [1.82, 2.24) is 0 Å². The van der Waals surface area contributed by atoms with E-state index in [2.05, 4.69) is 13.8 Å². The van der Waals surface area contributed by atoms with Gasteiger partial charge in [0.25, 0.3) is 0 Å². The maximum absolute atomic E-state index is 10.9. The minimum absolute atomic E-state index is 0.0155. The summed E-state index contributed by atoms with van der Waals surface area (Å²) in [4.78, 5) is 12.8. The minimum Gasteiger partial charge on any atom is -0.487 e. The van der Waals surface area contributed by atoms with Crippen molar-refractivity contribution in [3.63, 3.8) is 0 Å². The summed E-state index contributed by atoms with van der Waals surface area (Å²) in [6.45, 7) is 6.82. The summed E-state index contributed by atoms with van der Waals surface area (Å²) in [5, 5.41) is 8.97. The van der Waals surface area contributed by atoms with E-state index in [-0.39, 0.29) is 12.6 Å². The summed E-state index contributed by atoms with van der Waals surface area (Å²) in [6, 6.07) is 6.02. The van der Waals surface area contributed by atoms with Gasteiger partial charge in [0.15, 0.2) is 0 Å². The minimum atomic E-state index is -0.815. The SMILES string of the molecule is CC1CN(CC(=O)O)c2cc(C(C)C)ccc2O1. The fourth-order valence-electron chi connectivity index (χ4n) is 2.22. The van der Waals surface area contributed by atoms with Gasteiger partial charge in [-0.05, 0) is 30.5 Å². The lowest BCUT2D eigenvalue weighted by Gasteiger charge is -2.34. The number of aliphatic carboxylic acids is 1. The second-order valence-corrected chi connectivity index (χ2v) is 5.08. The second-order valence-electron chi connectivity index (χ2n) is 5.08. The Balaban J connectivity index is 2.37. The second kappa shape index (κ2) is 4.88. The van der Waals surface area contributed by atoms with Gasteiger partial charge in [0.05, 0.1) is 12.2 Å². The molecule has 0 saturated carbocycles. The zero-order chi connectivity index (χ0) is 13.3. The third kappa shape index (κ3) is 2.58. The van der Waals surface area contributed by atoms with E-state index in [4.69, 9.17) is 9.84 Å². The highest BCUT2D eigenvalue weighted by atomic mass is 16.5. The van der Waals surface area contributed by atoms with Gasteiger partial charge in [-0.25, -0.2) is 0 Å². The largest absolute Gasteiger partial charge is 0.487 e. The van der Waals surface area contributed by atoms with Gasteiger partial charge in [-0.15, -0.1) is 0 Å². The van der Waals surface area contributed by atoms with E-state index in [0.717, 1.165) is 11.4 Å². The fourth-order valence-corrected chi connectivity index (χ4v) is 2.22. The molecular formula is C14H19NO3. The Labute approximate surface area is 107 Å². The first-order chi connectivity index (χ1) is 8.47. The molecule has 1 heterocycles. The lowest BCUT2D eigenvalue weighted by Crippen LogP contribution is -2.41. The van der Waals surface area contributed by atoms with Crippen molar-refractivity contribution in [3.8, 4) is 5.75 Å². The third-order valence-corrected chi connectivity index (χ3v) is 3.12. The third-order valence-electron chi connectivity index (χ3n) is 3.12. The predicted octanol–water partition coefficient (Wildman–Crippen LogP) is 2.48. The van der Waals surface area contributed by atoms with E-state index in [0.29, 0.717) is 12.5 Å². The maximum atomic E-state index is 10.9. The molecule has 0 spiro atoms. The van der Waals surface area contributed by atoms with Crippen molar-refractivity contribution in [2.24, 2.45) is 0 Å². The van der Waals surface area contributed by atoms with Gasteiger partial charge in [0.1, 0.15) is 18.4 Å². The molecule has 98 valence electrons. The number of ether oxygens (including phenoxy) is 1. The van der Waals surface area contributed by atoms with Crippen LogP contribution in [0.2, 0.25) is 0 Å².